The van der Waals surface area contributed by atoms with Crippen LogP contribution in [-0.4, -0.2) is 35.6 Å². The first kappa shape index (κ1) is 25.6. The Morgan fingerprint density at radius 1 is 0.541 bits per heavy atom. The molecule has 4 rings (SSSR count). The largest absolute Gasteiger partial charge is 0.294 e. The van der Waals surface area contributed by atoms with Crippen molar-refractivity contribution in [2.75, 3.05) is 6.54 Å². The van der Waals surface area contributed by atoms with E-state index in [2.05, 4.69) is 0 Å². The molecule has 4 heteroatoms. The van der Waals surface area contributed by atoms with E-state index in [9.17, 15) is 9.59 Å². The van der Waals surface area contributed by atoms with Crippen LogP contribution < -0.4 is 0 Å². The van der Waals surface area contributed by atoms with Crippen LogP contribution in [0.4, 0.5) is 0 Å². The molecule has 0 aliphatic carbocycles. The monoisotopic (exact) mass is 486 g/mol. The number of Topliss-reactive ketones (excluding diaryl/α,β-unsaturated/α-hetero) is 2. The molecule has 37 heavy (non-hydrogen) atoms. The van der Waals surface area contributed by atoms with E-state index < -0.39 is 0 Å². The van der Waals surface area contributed by atoms with Crippen molar-refractivity contribution in [2.45, 2.75) is 25.8 Å². The summed E-state index contributed by atoms with van der Waals surface area (Å²) < 4.78 is 0. The quantitative estimate of drug-likeness (QED) is 0.171. The average molecular weight is 487 g/mol. The summed E-state index contributed by atoms with van der Waals surface area (Å²) in [6.45, 7) is 2.39. The van der Waals surface area contributed by atoms with Gasteiger partial charge in [-0.25, -0.2) is 0 Å². The van der Waals surface area contributed by atoms with Crippen LogP contribution in [0.3, 0.4) is 0 Å². The number of rotatable bonds is 11. The Hall–Kier alpha value is -4.44. The molecule has 4 nitrogen and oxygen atoms in total. The van der Waals surface area contributed by atoms with E-state index in [-0.39, 0.29) is 30.4 Å². The van der Waals surface area contributed by atoms with E-state index in [4.69, 9.17) is 9.98 Å². The Morgan fingerprint density at radius 2 is 0.892 bits per heavy atom. The van der Waals surface area contributed by atoms with Gasteiger partial charge in [-0.1, -0.05) is 121 Å². The van der Waals surface area contributed by atoms with Crippen LogP contribution >= 0.6 is 0 Å². The zero-order valence-corrected chi connectivity index (χ0v) is 21.0. The Morgan fingerprint density at radius 3 is 1.32 bits per heavy atom. The zero-order valence-electron chi connectivity index (χ0n) is 21.0. The third kappa shape index (κ3) is 7.52. The van der Waals surface area contributed by atoms with Gasteiger partial charge in [-0.3, -0.25) is 19.6 Å². The Labute approximate surface area is 218 Å². The molecule has 0 N–H and O–H groups in total. The second kappa shape index (κ2) is 13.0. The van der Waals surface area contributed by atoms with Gasteiger partial charge in [0.1, 0.15) is 0 Å². The van der Waals surface area contributed by atoms with Crippen molar-refractivity contribution in [1.82, 2.24) is 0 Å². The molecule has 184 valence electrons. The molecular formula is C33H30N2O2. The van der Waals surface area contributed by atoms with Crippen LogP contribution in [0, 0.1) is 0 Å². The highest BCUT2D eigenvalue weighted by Gasteiger charge is 2.15. The predicted octanol–water partition coefficient (Wildman–Crippen LogP) is 6.90. The molecule has 0 bridgehead atoms. The molecule has 0 fully saturated rings. The van der Waals surface area contributed by atoms with Crippen LogP contribution in [0.2, 0.25) is 0 Å². The first-order valence-electron chi connectivity index (χ1n) is 12.5. The molecule has 0 aliphatic heterocycles. The highest BCUT2D eigenvalue weighted by Crippen LogP contribution is 2.14. The van der Waals surface area contributed by atoms with Crippen LogP contribution in [0.5, 0.6) is 0 Å². The predicted molar refractivity (Wildman–Crippen MR) is 151 cm³/mol. The standard InChI is InChI=1S/C33H30N2O2/c1-25(35-31(27-16-8-3-9-17-27)23-33(37)29-20-12-5-13-21-29)24-34-30(26-14-6-2-7-15-26)22-32(36)28-18-10-4-11-19-28/h2-21,25H,22-24H2,1H3. The fourth-order valence-corrected chi connectivity index (χ4v) is 4.04. The number of hydrogen-bond donors (Lipinski definition) is 0. The molecule has 4 aromatic rings. The second-order valence-corrected chi connectivity index (χ2v) is 8.88. The lowest BCUT2D eigenvalue weighted by Crippen LogP contribution is -2.16. The summed E-state index contributed by atoms with van der Waals surface area (Å²) in [4.78, 5) is 35.7. The summed E-state index contributed by atoms with van der Waals surface area (Å²) >= 11 is 0. The van der Waals surface area contributed by atoms with Crippen LogP contribution in [0.1, 0.15) is 51.6 Å². The summed E-state index contributed by atoms with van der Waals surface area (Å²) in [6.07, 6.45) is 0.419. The SMILES string of the molecule is CC(CN=C(CC(=O)c1ccccc1)c1ccccc1)N=C(CC(=O)c1ccccc1)c1ccccc1. The van der Waals surface area contributed by atoms with Gasteiger partial charge in [0.2, 0.25) is 0 Å². The number of carbonyl (C=O) groups excluding carboxylic acids is 2. The van der Waals surface area contributed by atoms with E-state index >= 15 is 0 Å². The van der Waals surface area contributed by atoms with Crippen molar-refractivity contribution in [3.05, 3.63) is 144 Å². The minimum atomic E-state index is -0.177. The molecule has 4 aromatic carbocycles. The lowest BCUT2D eigenvalue weighted by atomic mass is 10.00. The minimum Gasteiger partial charge on any atom is -0.294 e. The van der Waals surface area contributed by atoms with Gasteiger partial charge in [0, 0.05) is 16.8 Å². The summed E-state index contributed by atoms with van der Waals surface area (Å²) in [5.74, 6) is 0.0510. The highest BCUT2D eigenvalue weighted by atomic mass is 16.1. The van der Waals surface area contributed by atoms with Crippen molar-refractivity contribution in [1.29, 1.82) is 0 Å². The average Bonchev–Trinajstić information content (AvgIpc) is 2.96. The van der Waals surface area contributed by atoms with Crippen molar-refractivity contribution in [3.8, 4) is 0 Å². The summed E-state index contributed by atoms with van der Waals surface area (Å²) in [5, 5.41) is 0. The van der Waals surface area contributed by atoms with Crippen LogP contribution in [-0.2, 0) is 0 Å². The van der Waals surface area contributed by atoms with E-state index in [1.54, 1.807) is 0 Å². The maximum absolute atomic E-state index is 13.0. The van der Waals surface area contributed by atoms with Crippen LogP contribution in [0.15, 0.2) is 131 Å². The number of ketones is 2. The third-order valence-corrected chi connectivity index (χ3v) is 5.98. The molecule has 0 amide bonds. The second-order valence-electron chi connectivity index (χ2n) is 8.88. The maximum Gasteiger partial charge on any atom is 0.168 e. The van der Waals surface area contributed by atoms with Crippen molar-refractivity contribution in [3.63, 3.8) is 0 Å². The molecule has 0 spiro atoms. The Balaban J connectivity index is 1.57. The zero-order chi connectivity index (χ0) is 25.9. The van der Waals surface area contributed by atoms with Gasteiger partial charge in [0.15, 0.2) is 11.6 Å². The first-order valence-corrected chi connectivity index (χ1v) is 12.5. The van der Waals surface area contributed by atoms with Gasteiger partial charge in [0.25, 0.3) is 0 Å². The first-order chi connectivity index (χ1) is 18.1. The summed E-state index contributed by atoms with van der Waals surface area (Å²) in [5.41, 5.74) is 4.65. The van der Waals surface area contributed by atoms with E-state index in [1.807, 2.05) is 128 Å². The Kier molecular flexibility index (Phi) is 9.03. The van der Waals surface area contributed by atoms with Gasteiger partial charge < -0.3 is 0 Å². The minimum absolute atomic E-state index is 0.0253. The lowest BCUT2D eigenvalue weighted by molar-refractivity contribution is 0.0992. The molecule has 1 unspecified atom stereocenters. The number of carbonyl (C=O) groups is 2. The topological polar surface area (TPSA) is 58.9 Å². The van der Waals surface area contributed by atoms with Gasteiger partial charge in [0.05, 0.1) is 31.1 Å². The molecule has 0 heterocycles. The molecule has 0 saturated carbocycles. The van der Waals surface area contributed by atoms with Gasteiger partial charge in [-0.05, 0) is 18.1 Å². The molecule has 0 radical (unpaired) electrons. The smallest absolute Gasteiger partial charge is 0.168 e. The number of aliphatic imine (C=N–C) groups is 2. The Bertz CT molecular complexity index is 1360. The van der Waals surface area contributed by atoms with Gasteiger partial charge >= 0.3 is 0 Å². The highest BCUT2D eigenvalue weighted by molar-refractivity contribution is 6.16. The molecule has 0 aromatic heterocycles. The number of benzene rings is 4. The van der Waals surface area contributed by atoms with E-state index in [0.717, 1.165) is 22.6 Å². The van der Waals surface area contributed by atoms with E-state index in [1.165, 1.54) is 0 Å². The summed E-state index contributed by atoms with van der Waals surface area (Å²) in [6, 6.07) is 38.0. The van der Waals surface area contributed by atoms with Crippen molar-refractivity contribution >= 4 is 23.0 Å². The maximum atomic E-state index is 13.0. The number of nitrogens with zero attached hydrogens (tertiary/aromatic N) is 2. The molecule has 0 aliphatic rings. The fourth-order valence-electron chi connectivity index (χ4n) is 4.04. The molecule has 1 atom stereocenters. The number of hydrogen-bond acceptors (Lipinski definition) is 4. The van der Waals surface area contributed by atoms with E-state index in [0.29, 0.717) is 17.7 Å². The van der Waals surface area contributed by atoms with Gasteiger partial charge in [-0.2, -0.15) is 0 Å². The normalized spacial score (nSPS) is 12.7. The third-order valence-electron chi connectivity index (χ3n) is 5.98. The van der Waals surface area contributed by atoms with Gasteiger partial charge in [-0.15, -0.1) is 0 Å². The lowest BCUT2D eigenvalue weighted by Gasteiger charge is -2.12. The van der Waals surface area contributed by atoms with Crippen molar-refractivity contribution in [2.24, 2.45) is 9.98 Å². The van der Waals surface area contributed by atoms with Crippen LogP contribution in [0.25, 0.3) is 0 Å². The van der Waals surface area contributed by atoms with Crippen molar-refractivity contribution < 1.29 is 9.59 Å². The fraction of sp³-hybridized carbons (Fsp3) is 0.152. The molecule has 0 saturated heterocycles. The summed E-state index contributed by atoms with van der Waals surface area (Å²) in [7, 11) is 0. The molecular weight excluding hydrogens is 456 g/mol.